The molecule has 14 heteroatoms. The molecule has 1 aliphatic heterocycles. The van der Waals surface area contributed by atoms with Gasteiger partial charge < -0.3 is 30.9 Å². The summed E-state index contributed by atoms with van der Waals surface area (Å²) in [5.41, 5.74) is 8.55. The minimum absolute atomic E-state index is 0.0261. The Morgan fingerprint density at radius 1 is 1.16 bits per heavy atom. The average molecular weight is 612 g/mol. The molecule has 0 unspecified atom stereocenters. The number of rotatable bonds is 9. The molecule has 2 aromatic carbocycles. The topological polar surface area (TPSA) is 180 Å². The third-order valence-corrected chi connectivity index (χ3v) is 6.46. The van der Waals surface area contributed by atoms with Gasteiger partial charge >= 0.3 is 0 Å². The molecule has 0 spiro atoms. The van der Waals surface area contributed by atoms with Crippen molar-refractivity contribution in [1.82, 2.24) is 14.9 Å². The highest BCUT2D eigenvalue weighted by molar-refractivity contribution is 7.85. The second-order valence-electron chi connectivity index (χ2n) is 9.89. The highest BCUT2D eigenvalue weighted by Crippen LogP contribution is 2.30. The van der Waals surface area contributed by atoms with Crippen molar-refractivity contribution in [3.63, 3.8) is 0 Å². The van der Waals surface area contributed by atoms with Gasteiger partial charge in [0.25, 0.3) is 16.0 Å². The van der Waals surface area contributed by atoms with E-state index in [1.54, 1.807) is 24.3 Å². The van der Waals surface area contributed by atoms with Crippen molar-refractivity contribution in [2.75, 3.05) is 48.5 Å². The van der Waals surface area contributed by atoms with Crippen LogP contribution in [0.3, 0.4) is 0 Å². The molecule has 4 rings (SSSR count). The van der Waals surface area contributed by atoms with E-state index in [4.69, 9.17) is 15.0 Å². The van der Waals surface area contributed by atoms with Crippen LogP contribution in [-0.4, -0.2) is 78.6 Å². The van der Waals surface area contributed by atoms with Crippen LogP contribution in [0.2, 0.25) is 0 Å². The van der Waals surface area contributed by atoms with Crippen LogP contribution in [0.25, 0.3) is 0 Å². The predicted molar refractivity (Wildman–Crippen MR) is 167 cm³/mol. The molecule has 1 aliphatic rings. The van der Waals surface area contributed by atoms with Crippen LogP contribution in [0, 0.1) is 0 Å². The number of hydrogen-bond acceptors (Lipinski definition) is 10. The summed E-state index contributed by atoms with van der Waals surface area (Å²) in [5.74, 6) is -0.156. The van der Waals surface area contributed by atoms with E-state index in [9.17, 15) is 18.0 Å². The van der Waals surface area contributed by atoms with Gasteiger partial charge in [-0.25, -0.2) is 4.98 Å². The molecule has 5 N–H and O–H groups in total. The molecule has 3 aromatic rings. The zero-order valence-electron chi connectivity index (χ0n) is 24.6. The first-order chi connectivity index (χ1) is 20.3. The first-order valence-electron chi connectivity index (χ1n) is 13.4. The summed E-state index contributed by atoms with van der Waals surface area (Å²) in [5, 5.41) is 5.87. The number of anilines is 4. The Morgan fingerprint density at radius 3 is 2.42 bits per heavy atom. The van der Waals surface area contributed by atoms with Gasteiger partial charge in [-0.2, -0.15) is 13.4 Å². The zero-order chi connectivity index (χ0) is 31.7. The van der Waals surface area contributed by atoms with Crippen LogP contribution in [0.5, 0.6) is 11.6 Å². The molecule has 13 nitrogen and oxygen atoms in total. The summed E-state index contributed by atoms with van der Waals surface area (Å²) < 4.78 is 31.9. The summed E-state index contributed by atoms with van der Waals surface area (Å²) >= 11 is 0. The number of piperazine rings is 1. The number of carbonyl (C=O) groups is 2. The molecule has 2 amide bonds. The lowest BCUT2D eigenvalue weighted by Crippen LogP contribution is -2.50. The number of nitrogens with two attached hydrogens (primary N) is 1. The summed E-state index contributed by atoms with van der Waals surface area (Å²) in [6.45, 7) is 10.5. The fourth-order valence-corrected chi connectivity index (χ4v) is 4.14. The molecule has 0 saturated carbocycles. The van der Waals surface area contributed by atoms with Crippen molar-refractivity contribution >= 4 is 44.8 Å². The monoisotopic (exact) mass is 611 g/mol. The highest BCUT2D eigenvalue weighted by Gasteiger charge is 2.22. The van der Waals surface area contributed by atoms with E-state index < -0.39 is 16.0 Å². The Bertz CT molecular complexity index is 1560. The largest absolute Gasteiger partial charge is 0.437 e. The predicted octanol–water partition coefficient (Wildman–Crippen LogP) is 3.44. The minimum Gasteiger partial charge on any atom is -0.437 e. The van der Waals surface area contributed by atoms with Crippen molar-refractivity contribution < 1.29 is 27.3 Å². The van der Waals surface area contributed by atoms with Crippen molar-refractivity contribution in [2.45, 2.75) is 26.3 Å². The molecule has 0 radical (unpaired) electrons. The summed E-state index contributed by atoms with van der Waals surface area (Å²) in [6.07, 6.45) is 2.37. The molecule has 1 saturated heterocycles. The van der Waals surface area contributed by atoms with E-state index in [1.807, 2.05) is 31.2 Å². The van der Waals surface area contributed by atoms with E-state index in [2.05, 4.69) is 51.0 Å². The third-order valence-electron chi connectivity index (χ3n) is 6.46. The molecule has 0 aliphatic carbocycles. The average Bonchev–Trinajstić information content (AvgIpc) is 2.94. The van der Waals surface area contributed by atoms with E-state index in [1.165, 1.54) is 6.08 Å². The molecule has 1 atom stereocenters. The van der Waals surface area contributed by atoms with Gasteiger partial charge in [-0.05, 0) is 62.9 Å². The number of aromatic nitrogens is 2. The normalized spacial score (nSPS) is 15.1. The maximum absolute atomic E-state index is 12.2. The summed E-state index contributed by atoms with van der Waals surface area (Å²) in [7, 11) is -1.52. The van der Waals surface area contributed by atoms with Gasteiger partial charge in [-0.15, -0.1) is 0 Å². The lowest BCUT2D eigenvalue weighted by Gasteiger charge is -2.39. The number of nitrogens with zero attached hydrogens (tertiary/aromatic N) is 4. The van der Waals surface area contributed by atoms with E-state index >= 15 is 0 Å². The number of benzene rings is 2. The van der Waals surface area contributed by atoms with Gasteiger partial charge in [0, 0.05) is 48.8 Å². The number of carbonyl (C=O) groups excluding carboxylic acids is 2. The lowest BCUT2D eigenvalue weighted by atomic mass is 10.1. The van der Waals surface area contributed by atoms with Gasteiger partial charge in [0.15, 0.2) is 11.5 Å². The minimum atomic E-state index is -3.67. The molecule has 230 valence electrons. The molecule has 43 heavy (non-hydrogen) atoms. The van der Waals surface area contributed by atoms with E-state index in [0.29, 0.717) is 35.8 Å². The SMILES string of the molecule is C=CC(=O)Nc1cccc(Oc2nc(Nc3ccc(N4CCN(C)[C@H](C)C4)cc3)c(C(N)=O)nc2CC)c1.CS(=O)(=O)O. The van der Waals surface area contributed by atoms with Crippen LogP contribution in [0.15, 0.2) is 61.2 Å². The quantitative estimate of drug-likeness (QED) is 0.206. The van der Waals surface area contributed by atoms with Crippen LogP contribution >= 0.6 is 0 Å². The number of ether oxygens (including phenoxy) is 1. The van der Waals surface area contributed by atoms with Crippen LogP contribution < -0.4 is 26.0 Å². The standard InChI is InChI=1S/C28H33N7O3.CH4O3S/c1-5-23-28(38-22-9-7-8-20(16-22)30-24(36)6-2)33-27(25(32-23)26(29)37)31-19-10-12-21(13-11-19)35-15-14-34(4)18(3)17-35;1-5(2,3)4/h6-13,16,18H,2,5,14-15,17H2,1,3-4H3,(H2,29,37)(H,30,36)(H,31,33);1H3,(H,2,3,4)/t18-;/m1./s1. The summed E-state index contributed by atoms with van der Waals surface area (Å²) in [4.78, 5) is 37.6. The molecular weight excluding hydrogens is 574 g/mol. The Morgan fingerprint density at radius 2 is 1.84 bits per heavy atom. The summed E-state index contributed by atoms with van der Waals surface area (Å²) in [6, 6.07) is 15.3. The van der Waals surface area contributed by atoms with Gasteiger partial charge in [-0.3, -0.25) is 14.1 Å². The number of likely N-dealkylation sites (N-methyl/N-ethyl adjacent to an activating group) is 1. The Hall–Kier alpha value is -4.53. The number of aryl methyl sites for hydroxylation is 1. The van der Waals surface area contributed by atoms with Gasteiger partial charge in [0.1, 0.15) is 11.4 Å². The van der Waals surface area contributed by atoms with Gasteiger partial charge in [-0.1, -0.05) is 19.6 Å². The molecule has 1 aromatic heterocycles. The second-order valence-corrected chi connectivity index (χ2v) is 11.4. The number of amides is 2. The Labute approximate surface area is 251 Å². The second kappa shape index (κ2) is 14.6. The van der Waals surface area contributed by atoms with Crippen molar-refractivity contribution in [3.05, 3.63) is 72.6 Å². The number of hydrogen-bond donors (Lipinski definition) is 4. The third kappa shape index (κ3) is 10.1. The van der Waals surface area contributed by atoms with Crippen LogP contribution in [-0.2, 0) is 21.3 Å². The Kier molecular flexibility index (Phi) is 11.2. The lowest BCUT2D eigenvalue weighted by molar-refractivity contribution is -0.111. The van der Waals surface area contributed by atoms with Crippen LogP contribution in [0.4, 0.5) is 22.9 Å². The van der Waals surface area contributed by atoms with E-state index in [0.717, 1.165) is 31.0 Å². The molecular formula is C29H37N7O6S. The Balaban J connectivity index is 0.000000934. The van der Waals surface area contributed by atoms with E-state index in [-0.39, 0.29) is 23.3 Å². The maximum Gasteiger partial charge on any atom is 0.271 e. The van der Waals surface area contributed by atoms with Crippen molar-refractivity contribution in [3.8, 4) is 11.6 Å². The van der Waals surface area contributed by atoms with Crippen molar-refractivity contribution in [2.24, 2.45) is 5.73 Å². The number of primary amides is 1. The first kappa shape index (κ1) is 33.0. The smallest absolute Gasteiger partial charge is 0.271 e. The first-order valence-corrected chi connectivity index (χ1v) is 15.3. The zero-order valence-corrected chi connectivity index (χ0v) is 25.4. The fraction of sp³-hybridized carbons (Fsp3) is 0.310. The molecule has 1 fully saturated rings. The van der Waals surface area contributed by atoms with Gasteiger partial charge in [0.2, 0.25) is 11.8 Å². The molecule has 2 heterocycles. The highest BCUT2D eigenvalue weighted by atomic mass is 32.2. The maximum atomic E-state index is 12.2. The van der Waals surface area contributed by atoms with Crippen molar-refractivity contribution in [1.29, 1.82) is 0 Å². The van der Waals surface area contributed by atoms with Crippen LogP contribution in [0.1, 0.15) is 30.0 Å². The van der Waals surface area contributed by atoms with Gasteiger partial charge in [0.05, 0.1) is 6.26 Å². The number of nitrogens with one attached hydrogen (secondary N) is 2. The fourth-order valence-electron chi connectivity index (χ4n) is 4.14. The molecule has 0 bridgehead atoms.